The molecule has 0 saturated heterocycles. The molecule has 0 saturated carbocycles. The molecule has 0 bridgehead atoms. The van der Waals surface area contributed by atoms with Crippen LogP contribution in [0.2, 0.25) is 0 Å². The highest BCUT2D eigenvalue weighted by Crippen LogP contribution is 2.28. The van der Waals surface area contributed by atoms with Gasteiger partial charge in [0, 0.05) is 17.1 Å². The van der Waals surface area contributed by atoms with Crippen molar-refractivity contribution in [3.63, 3.8) is 0 Å². The Labute approximate surface area is 153 Å². The molecule has 0 fully saturated rings. The van der Waals surface area contributed by atoms with Crippen LogP contribution < -0.4 is 5.32 Å². The molecule has 0 unspecified atom stereocenters. The Morgan fingerprint density at radius 1 is 1.11 bits per heavy atom. The molecule has 4 rings (SSSR count). The molecule has 2 N–H and O–H groups in total. The Bertz CT molecular complexity index is 1170. The van der Waals surface area contributed by atoms with Gasteiger partial charge in [-0.15, -0.1) is 0 Å². The number of pyridine rings is 1. The van der Waals surface area contributed by atoms with E-state index in [0.29, 0.717) is 22.2 Å². The molecular formula is C20H14F2N4O. The van der Waals surface area contributed by atoms with Crippen LogP contribution in [0.25, 0.3) is 22.0 Å². The summed E-state index contributed by atoms with van der Waals surface area (Å²) in [6, 6.07) is 10.7. The van der Waals surface area contributed by atoms with Crippen molar-refractivity contribution in [3.05, 3.63) is 77.8 Å². The standard InChI is InChI=1S/C20H14F2N4O/c1-11-7-13(10-23-9-11)24-20(27)19-15-8-12(5-6-17(15)25-26-19)14-3-2-4-16(21)18(14)22/h2-10H,1H3,(H,24,27)(H,25,26). The molecule has 1 amide bonds. The van der Waals surface area contributed by atoms with Gasteiger partial charge in [-0.2, -0.15) is 5.10 Å². The third-order valence-corrected chi connectivity index (χ3v) is 4.17. The maximum atomic E-state index is 14.1. The molecule has 0 atom stereocenters. The molecule has 0 aliphatic heterocycles. The lowest BCUT2D eigenvalue weighted by Crippen LogP contribution is -2.13. The number of H-pyrrole nitrogens is 1. The van der Waals surface area contributed by atoms with Crippen molar-refractivity contribution in [1.29, 1.82) is 0 Å². The van der Waals surface area contributed by atoms with Gasteiger partial charge in [-0.3, -0.25) is 14.9 Å². The van der Waals surface area contributed by atoms with Gasteiger partial charge in [-0.05, 0) is 42.3 Å². The van der Waals surface area contributed by atoms with E-state index in [1.807, 2.05) is 6.92 Å². The predicted molar refractivity (Wildman–Crippen MR) is 98.4 cm³/mol. The van der Waals surface area contributed by atoms with Crippen LogP contribution in [-0.4, -0.2) is 21.1 Å². The molecule has 0 aliphatic carbocycles. The summed E-state index contributed by atoms with van der Waals surface area (Å²) in [4.78, 5) is 16.6. The van der Waals surface area contributed by atoms with Crippen molar-refractivity contribution in [2.75, 3.05) is 5.32 Å². The van der Waals surface area contributed by atoms with E-state index in [1.54, 1.807) is 30.5 Å². The Kier molecular flexibility index (Phi) is 4.12. The van der Waals surface area contributed by atoms with Crippen molar-refractivity contribution in [2.24, 2.45) is 0 Å². The number of halogens is 2. The number of aryl methyl sites for hydroxylation is 1. The van der Waals surface area contributed by atoms with Crippen LogP contribution in [0.5, 0.6) is 0 Å². The molecule has 7 heteroatoms. The molecule has 4 aromatic rings. The Balaban J connectivity index is 1.74. The van der Waals surface area contributed by atoms with E-state index in [9.17, 15) is 13.6 Å². The summed E-state index contributed by atoms with van der Waals surface area (Å²) in [7, 11) is 0. The van der Waals surface area contributed by atoms with Gasteiger partial charge in [0.1, 0.15) is 0 Å². The molecule has 5 nitrogen and oxygen atoms in total. The molecule has 0 spiro atoms. The normalized spacial score (nSPS) is 10.9. The van der Waals surface area contributed by atoms with Crippen molar-refractivity contribution in [3.8, 4) is 11.1 Å². The fraction of sp³-hybridized carbons (Fsp3) is 0.0500. The second-order valence-electron chi connectivity index (χ2n) is 6.14. The Hall–Kier alpha value is -3.61. The van der Waals surface area contributed by atoms with Crippen LogP contribution in [0, 0.1) is 18.6 Å². The Morgan fingerprint density at radius 3 is 2.78 bits per heavy atom. The number of hydrogen-bond acceptors (Lipinski definition) is 3. The minimum Gasteiger partial charge on any atom is -0.319 e. The van der Waals surface area contributed by atoms with Crippen LogP contribution >= 0.6 is 0 Å². The zero-order valence-corrected chi connectivity index (χ0v) is 14.3. The molecular weight excluding hydrogens is 350 g/mol. The van der Waals surface area contributed by atoms with E-state index in [-0.39, 0.29) is 11.3 Å². The number of nitrogens with zero attached hydrogens (tertiary/aromatic N) is 2. The average molecular weight is 364 g/mol. The zero-order chi connectivity index (χ0) is 19.0. The van der Waals surface area contributed by atoms with Crippen molar-refractivity contribution >= 4 is 22.5 Å². The number of fused-ring (bicyclic) bond motifs is 1. The minimum absolute atomic E-state index is 0.118. The highest BCUT2D eigenvalue weighted by molar-refractivity contribution is 6.11. The first-order valence-corrected chi connectivity index (χ1v) is 8.18. The summed E-state index contributed by atoms with van der Waals surface area (Å²) in [6.45, 7) is 1.87. The number of benzene rings is 2. The topological polar surface area (TPSA) is 70.7 Å². The van der Waals surface area contributed by atoms with Gasteiger partial charge in [0.2, 0.25) is 0 Å². The third-order valence-electron chi connectivity index (χ3n) is 4.17. The fourth-order valence-electron chi connectivity index (χ4n) is 2.89. The lowest BCUT2D eigenvalue weighted by molar-refractivity contribution is 0.102. The quantitative estimate of drug-likeness (QED) is 0.564. The average Bonchev–Trinajstić information content (AvgIpc) is 3.07. The van der Waals surface area contributed by atoms with Gasteiger partial charge in [0.15, 0.2) is 17.3 Å². The molecule has 2 heterocycles. The Morgan fingerprint density at radius 2 is 1.96 bits per heavy atom. The third kappa shape index (κ3) is 3.15. The number of aromatic amines is 1. The fourth-order valence-corrected chi connectivity index (χ4v) is 2.89. The number of aromatic nitrogens is 3. The zero-order valence-electron chi connectivity index (χ0n) is 14.3. The monoisotopic (exact) mass is 364 g/mol. The minimum atomic E-state index is -0.933. The molecule has 0 aliphatic rings. The van der Waals surface area contributed by atoms with E-state index >= 15 is 0 Å². The van der Waals surface area contributed by atoms with Gasteiger partial charge >= 0.3 is 0 Å². The number of carbonyl (C=O) groups excluding carboxylic acids is 1. The van der Waals surface area contributed by atoms with Gasteiger partial charge in [-0.25, -0.2) is 8.78 Å². The van der Waals surface area contributed by atoms with E-state index < -0.39 is 17.5 Å². The predicted octanol–water partition coefficient (Wildman–Crippen LogP) is 4.46. The highest BCUT2D eigenvalue weighted by atomic mass is 19.2. The lowest BCUT2D eigenvalue weighted by Gasteiger charge is -2.06. The van der Waals surface area contributed by atoms with Crippen LogP contribution in [0.3, 0.4) is 0 Å². The summed E-state index contributed by atoms with van der Waals surface area (Å²) in [6.07, 6.45) is 3.21. The van der Waals surface area contributed by atoms with Crippen LogP contribution in [0.4, 0.5) is 14.5 Å². The van der Waals surface area contributed by atoms with Gasteiger partial charge in [0.25, 0.3) is 5.91 Å². The molecule has 2 aromatic heterocycles. The van der Waals surface area contributed by atoms with E-state index in [1.165, 1.54) is 18.3 Å². The van der Waals surface area contributed by atoms with Crippen molar-refractivity contribution < 1.29 is 13.6 Å². The van der Waals surface area contributed by atoms with Crippen LogP contribution in [-0.2, 0) is 0 Å². The molecule has 134 valence electrons. The summed E-state index contributed by atoms with van der Waals surface area (Å²) < 4.78 is 27.7. The van der Waals surface area contributed by atoms with Gasteiger partial charge in [0.05, 0.1) is 17.4 Å². The number of nitrogens with one attached hydrogen (secondary N) is 2. The summed E-state index contributed by atoms with van der Waals surface area (Å²) in [5.74, 6) is -2.28. The molecule has 2 aromatic carbocycles. The second kappa shape index (κ2) is 6.60. The van der Waals surface area contributed by atoms with Crippen molar-refractivity contribution in [1.82, 2.24) is 15.2 Å². The van der Waals surface area contributed by atoms with E-state index in [4.69, 9.17) is 0 Å². The summed E-state index contributed by atoms with van der Waals surface area (Å²) >= 11 is 0. The number of rotatable bonds is 3. The first-order valence-electron chi connectivity index (χ1n) is 8.18. The molecule has 0 radical (unpaired) electrons. The van der Waals surface area contributed by atoms with E-state index in [0.717, 1.165) is 11.6 Å². The number of anilines is 1. The smallest absolute Gasteiger partial charge is 0.276 e. The summed E-state index contributed by atoms with van der Waals surface area (Å²) in [5.41, 5.74) is 2.79. The lowest BCUT2D eigenvalue weighted by atomic mass is 10.0. The summed E-state index contributed by atoms with van der Waals surface area (Å²) in [5, 5.41) is 10.1. The van der Waals surface area contributed by atoms with Gasteiger partial charge < -0.3 is 5.32 Å². The van der Waals surface area contributed by atoms with Crippen LogP contribution in [0.15, 0.2) is 54.9 Å². The number of amides is 1. The van der Waals surface area contributed by atoms with E-state index in [2.05, 4.69) is 20.5 Å². The first-order chi connectivity index (χ1) is 13.0. The SMILES string of the molecule is Cc1cncc(NC(=O)c2n[nH]c3ccc(-c4cccc(F)c4F)cc23)c1. The van der Waals surface area contributed by atoms with Gasteiger partial charge in [-0.1, -0.05) is 18.2 Å². The second-order valence-corrected chi connectivity index (χ2v) is 6.14. The maximum Gasteiger partial charge on any atom is 0.276 e. The number of carbonyl (C=O) groups is 1. The number of hydrogen-bond donors (Lipinski definition) is 2. The van der Waals surface area contributed by atoms with Crippen LogP contribution in [0.1, 0.15) is 16.1 Å². The maximum absolute atomic E-state index is 14.1. The van der Waals surface area contributed by atoms with Crippen molar-refractivity contribution in [2.45, 2.75) is 6.92 Å². The highest BCUT2D eigenvalue weighted by Gasteiger charge is 2.17. The molecule has 27 heavy (non-hydrogen) atoms. The first kappa shape index (κ1) is 16.8. The largest absolute Gasteiger partial charge is 0.319 e.